The molecular weight excluding hydrogens is 198 g/mol. The number of hydrogen-bond acceptors (Lipinski definition) is 2. The smallest absolute Gasteiger partial charge is 0.106 e. The highest BCUT2D eigenvalue weighted by molar-refractivity contribution is 5.20. The largest absolute Gasteiger partial charge is 0.331 e. The molecule has 1 fully saturated rings. The fourth-order valence-electron chi connectivity index (χ4n) is 2.85. The van der Waals surface area contributed by atoms with Crippen LogP contribution in [0.15, 0.2) is 0 Å². The van der Waals surface area contributed by atoms with Gasteiger partial charge in [-0.15, -0.1) is 0 Å². The van der Waals surface area contributed by atoms with Crippen molar-refractivity contribution in [1.82, 2.24) is 14.9 Å². The molecule has 0 radical (unpaired) electrons. The van der Waals surface area contributed by atoms with E-state index in [-0.39, 0.29) is 0 Å². The number of nitrogens with zero attached hydrogens (tertiary/aromatic N) is 2. The molecule has 0 bridgehead atoms. The van der Waals surface area contributed by atoms with E-state index in [1.807, 2.05) is 0 Å². The number of nitrogens with one attached hydrogen (secondary N) is 1. The van der Waals surface area contributed by atoms with Gasteiger partial charge < -0.3 is 9.88 Å². The van der Waals surface area contributed by atoms with Gasteiger partial charge in [0.15, 0.2) is 0 Å². The lowest BCUT2D eigenvalue weighted by Gasteiger charge is -2.20. The molecule has 0 atom stereocenters. The third-order valence-electron chi connectivity index (χ3n) is 4.38. The minimum atomic E-state index is 0.615. The molecule has 0 spiro atoms. The molecule has 3 nitrogen and oxygen atoms in total. The van der Waals surface area contributed by atoms with Crippen molar-refractivity contribution in [2.24, 2.45) is 5.41 Å². The highest BCUT2D eigenvalue weighted by Gasteiger charge is 2.41. The molecule has 1 aromatic heterocycles. The predicted octanol–water partition coefficient (Wildman–Crippen LogP) is 2.03. The van der Waals surface area contributed by atoms with Crippen LogP contribution in [0.3, 0.4) is 0 Å². The summed E-state index contributed by atoms with van der Waals surface area (Å²) in [5.74, 6) is 1.22. The maximum Gasteiger partial charge on any atom is 0.106 e. The molecule has 1 aromatic rings. The Morgan fingerprint density at radius 2 is 2.25 bits per heavy atom. The van der Waals surface area contributed by atoms with Crippen molar-refractivity contribution in [3.05, 3.63) is 17.2 Å². The molecule has 2 heterocycles. The van der Waals surface area contributed by atoms with Crippen molar-refractivity contribution in [2.75, 3.05) is 6.54 Å². The van der Waals surface area contributed by atoms with Crippen LogP contribution in [0.4, 0.5) is 0 Å². The molecule has 0 unspecified atom stereocenters. The van der Waals surface area contributed by atoms with Crippen LogP contribution in [0, 0.1) is 12.3 Å². The summed E-state index contributed by atoms with van der Waals surface area (Å²) in [5, 5.41) is 3.40. The Kier molecular flexibility index (Phi) is 2.32. The first-order valence-corrected chi connectivity index (χ1v) is 6.50. The van der Waals surface area contributed by atoms with Gasteiger partial charge in [-0.1, -0.05) is 6.92 Å². The Morgan fingerprint density at radius 1 is 1.44 bits per heavy atom. The average Bonchev–Trinajstić information content (AvgIpc) is 3.01. The van der Waals surface area contributed by atoms with Gasteiger partial charge in [-0.25, -0.2) is 4.98 Å². The lowest BCUT2D eigenvalue weighted by molar-refractivity contribution is 0.394. The van der Waals surface area contributed by atoms with E-state index in [4.69, 9.17) is 4.98 Å². The quantitative estimate of drug-likeness (QED) is 0.843. The number of hydrogen-bond donors (Lipinski definition) is 1. The van der Waals surface area contributed by atoms with Gasteiger partial charge in [0.05, 0.1) is 5.69 Å². The van der Waals surface area contributed by atoms with Gasteiger partial charge >= 0.3 is 0 Å². The molecular formula is C13H21N3. The minimum absolute atomic E-state index is 0.615. The third-order valence-corrected chi connectivity index (χ3v) is 4.38. The summed E-state index contributed by atoms with van der Waals surface area (Å²) in [6.45, 7) is 7.76. The van der Waals surface area contributed by atoms with E-state index in [9.17, 15) is 0 Å². The van der Waals surface area contributed by atoms with Crippen LogP contribution in [-0.2, 0) is 19.5 Å². The average molecular weight is 219 g/mol. The zero-order valence-electron chi connectivity index (χ0n) is 10.3. The summed E-state index contributed by atoms with van der Waals surface area (Å²) in [5.41, 5.74) is 3.40. The number of fused-ring (bicyclic) bond motifs is 1. The summed E-state index contributed by atoms with van der Waals surface area (Å²) < 4.78 is 2.49. The van der Waals surface area contributed by atoms with Crippen LogP contribution >= 0.6 is 0 Å². The molecule has 3 rings (SSSR count). The van der Waals surface area contributed by atoms with Crippen LogP contribution in [0.1, 0.15) is 43.4 Å². The standard InChI is InChI=1S/C13H21N3/c1-3-13(5-6-13)9-16-10(2)15-11-8-14-7-4-12(11)16/h14H,3-9H2,1-2H3. The Balaban J connectivity index is 1.91. The Hall–Kier alpha value is -0.830. The van der Waals surface area contributed by atoms with Crippen molar-refractivity contribution in [1.29, 1.82) is 0 Å². The lowest BCUT2D eigenvalue weighted by Crippen LogP contribution is -2.26. The first-order valence-electron chi connectivity index (χ1n) is 6.50. The van der Waals surface area contributed by atoms with Crippen LogP contribution in [0.25, 0.3) is 0 Å². The van der Waals surface area contributed by atoms with Crippen molar-refractivity contribution in [2.45, 2.75) is 52.6 Å². The maximum absolute atomic E-state index is 4.70. The Labute approximate surface area is 97.3 Å². The highest BCUT2D eigenvalue weighted by Crippen LogP contribution is 2.50. The minimum Gasteiger partial charge on any atom is -0.331 e. The molecule has 0 amide bonds. The third kappa shape index (κ3) is 1.58. The van der Waals surface area contributed by atoms with E-state index in [1.54, 1.807) is 0 Å². The van der Waals surface area contributed by atoms with E-state index >= 15 is 0 Å². The van der Waals surface area contributed by atoms with Gasteiger partial charge in [0.2, 0.25) is 0 Å². The summed E-state index contributed by atoms with van der Waals surface area (Å²) in [7, 11) is 0. The number of aromatic nitrogens is 2. The maximum atomic E-state index is 4.70. The fourth-order valence-corrected chi connectivity index (χ4v) is 2.85. The second-order valence-corrected chi connectivity index (χ2v) is 5.42. The topological polar surface area (TPSA) is 29.9 Å². The van der Waals surface area contributed by atoms with E-state index in [0.717, 1.165) is 19.5 Å². The highest BCUT2D eigenvalue weighted by atomic mass is 15.1. The lowest BCUT2D eigenvalue weighted by atomic mass is 10.0. The van der Waals surface area contributed by atoms with Crippen molar-refractivity contribution < 1.29 is 0 Å². The van der Waals surface area contributed by atoms with Crippen molar-refractivity contribution >= 4 is 0 Å². The number of aryl methyl sites for hydroxylation is 1. The molecule has 1 saturated carbocycles. The number of imidazole rings is 1. The van der Waals surface area contributed by atoms with E-state index < -0.39 is 0 Å². The molecule has 1 N–H and O–H groups in total. The summed E-state index contributed by atoms with van der Waals surface area (Å²) >= 11 is 0. The molecule has 16 heavy (non-hydrogen) atoms. The second-order valence-electron chi connectivity index (χ2n) is 5.42. The molecule has 0 aromatic carbocycles. The van der Waals surface area contributed by atoms with Gasteiger partial charge in [-0.05, 0) is 31.6 Å². The molecule has 0 saturated heterocycles. The Bertz CT molecular complexity index is 402. The number of rotatable bonds is 3. The van der Waals surface area contributed by atoms with Gasteiger partial charge in [0.1, 0.15) is 5.82 Å². The van der Waals surface area contributed by atoms with E-state index in [1.165, 1.54) is 43.0 Å². The summed E-state index contributed by atoms with van der Waals surface area (Å²) in [6, 6.07) is 0. The zero-order chi connectivity index (χ0) is 11.2. The zero-order valence-corrected chi connectivity index (χ0v) is 10.3. The SMILES string of the molecule is CCC1(Cn2c(C)nc3c2CCNC3)CC1. The summed E-state index contributed by atoms with van der Waals surface area (Å²) in [6.07, 6.45) is 5.29. The van der Waals surface area contributed by atoms with Crippen LogP contribution in [0.2, 0.25) is 0 Å². The van der Waals surface area contributed by atoms with Gasteiger partial charge in [-0.3, -0.25) is 0 Å². The molecule has 3 heteroatoms. The first-order chi connectivity index (χ1) is 7.74. The van der Waals surface area contributed by atoms with Gasteiger partial charge in [0.25, 0.3) is 0 Å². The normalized spacial score (nSPS) is 21.9. The molecule has 88 valence electrons. The van der Waals surface area contributed by atoms with Gasteiger partial charge in [0, 0.05) is 31.7 Å². The van der Waals surface area contributed by atoms with Crippen molar-refractivity contribution in [3.63, 3.8) is 0 Å². The second kappa shape index (κ2) is 3.59. The monoisotopic (exact) mass is 219 g/mol. The fraction of sp³-hybridized carbons (Fsp3) is 0.769. The summed E-state index contributed by atoms with van der Waals surface area (Å²) in [4.78, 5) is 4.70. The van der Waals surface area contributed by atoms with E-state index in [0.29, 0.717) is 5.41 Å². The van der Waals surface area contributed by atoms with Crippen molar-refractivity contribution in [3.8, 4) is 0 Å². The van der Waals surface area contributed by atoms with Crippen LogP contribution in [0.5, 0.6) is 0 Å². The molecule has 2 aliphatic rings. The first kappa shape index (κ1) is 10.3. The van der Waals surface area contributed by atoms with E-state index in [2.05, 4.69) is 23.7 Å². The van der Waals surface area contributed by atoms with Crippen LogP contribution < -0.4 is 5.32 Å². The molecule has 1 aliphatic heterocycles. The Morgan fingerprint density at radius 3 is 2.94 bits per heavy atom. The van der Waals surface area contributed by atoms with Crippen LogP contribution in [-0.4, -0.2) is 16.1 Å². The predicted molar refractivity (Wildman–Crippen MR) is 64.3 cm³/mol. The van der Waals surface area contributed by atoms with Gasteiger partial charge in [-0.2, -0.15) is 0 Å². The molecule has 1 aliphatic carbocycles.